The molecule has 1 aliphatic rings. The first kappa shape index (κ1) is 18.0. The molecule has 0 unspecified atom stereocenters. The van der Waals surface area contributed by atoms with Crippen LogP contribution in [0.25, 0.3) is 6.08 Å². The van der Waals surface area contributed by atoms with Gasteiger partial charge in [-0.2, -0.15) is 0 Å². The average molecular weight is 331 g/mol. The number of hydrogen-bond donors (Lipinski definition) is 1. The van der Waals surface area contributed by atoms with E-state index >= 15 is 0 Å². The van der Waals surface area contributed by atoms with Crippen molar-refractivity contribution >= 4 is 18.0 Å². The van der Waals surface area contributed by atoms with Crippen LogP contribution in [0.15, 0.2) is 30.3 Å². The molecule has 0 atom stereocenters. The van der Waals surface area contributed by atoms with Crippen LogP contribution in [0.2, 0.25) is 0 Å². The average Bonchev–Trinajstić information content (AvgIpc) is 2.87. The molecule has 1 saturated carbocycles. The molecular formula is C19H25NO4. The van der Waals surface area contributed by atoms with Crippen LogP contribution in [0.3, 0.4) is 0 Å². The molecule has 1 fully saturated rings. The maximum atomic E-state index is 11.8. The van der Waals surface area contributed by atoms with Crippen molar-refractivity contribution in [1.29, 1.82) is 0 Å². The second-order valence-electron chi connectivity index (χ2n) is 5.97. The SMILES string of the molecule is COc1ccc(/C=C/C(=O)OCC(=O)NC2CCCCCC2)cc1. The van der Waals surface area contributed by atoms with Crippen LogP contribution in [0.4, 0.5) is 0 Å². The molecule has 0 aliphatic heterocycles. The minimum absolute atomic E-state index is 0.216. The molecule has 1 N–H and O–H groups in total. The van der Waals surface area contributed by atoms with Gasteiger partial charge in [0.1, 0.15) is 5.75 Å². The fraction of sp³-hybridized carbons (Fsp3) is 0.474. The molecule has 0 radical (unpaired) electrons. The first-order valence-electron chi connectivity index (χ1n) is 8.45. The number of rotatable bonds is 6. The van der Waals surface area contributed by atoms with Crippen molar-refractivity contribution in [3.8, 4) is 5.75 Å². The predicted octanol–water partition coefficient (Wildman–Crippen LogP) is 3.09. The summed E-state index contributed by atoms with van der Waals surface area (Å²) in [7, 11) is 1.60. The Kier molecular flexibility index (Phi) is 7.33. The number of nitrogens with one attached hydrogen (secondary N) is 1. The van der Waals surface area contributed by atoms with Gasteiger partial charge < -0.3 is 14.8 Å². The Hall–Kier alpha value is -2.30. The molecule has 0 heterocycles. The van der Waals surface area contributed by atoms with E-state index in [-0.39, 0.29) is 18.6 Å². The van der Waals surface area contributed by atoms with Crippen LogP contribution >= 0.6 is 0 Å². The number of carbonyl (C=O) groups excluding carboxylic acids is 2. The second-order valence-corrected chi connectivity index (χ2v) is 5.97. The van der Waals surface area contributed by atoms with Crippen molar-refractivity contribution in [2.45, 2.75) is 44.6 Å². The quantitative estimate of drug-likeness (QED) is 0.494. The van der Waals surface area contributed by atoms with Gasteiger partial charge in [-0.15, -0.1) is 0 Å². The summed E-state index contributed by atoms with van der Waals surface area (Å²) < 4.78 is 10.1. The van der Waals surface area contributed by atoms with Crippen LogP contribution in [0.5, 0.6) is 5.75 Å². The molecule has 5 heteroatoms. The van der Waals surface area contributed by atoms with Gasteiger partial charge in [0.2, 0.25) is 0 Å². The Morgan fingerprint density at radius 1 is 1.12 bits per heavy atom. The lowest BCUT2D eigenvalue weighted by molar-refractivity contribution is -0.144. The predicted molar refractivity (Wildman–Crippen MR) is 92.6 cm³/mol. The molecule has 0 bridgehead atoms. The first-order chi connectivity index (χ1) is 11.7. The Balaban J connectivity index is 1.71. The monoisotopic (exact) mass is 331 g/mol. The minimum atomic E-state index is -0.526. The van der Waals surface area contributed by atoms with E-state index in [1.54, 1.807) is 13.2 Å². The van der Waals surface area contributed by atoms with Crippen molar-refractivity contribution < 1.29 is 19.1 Å². The Morgan fingerprint density at radius 2 is 1.79 bits per heavy atom. The van der Waals surface area contributed by atoms with E-state index in [4.69, 9.17) is 9.47 Å². The van der Waals surface area contributed by atoms with E-state index in [1.807, 2.05) is 24.3 Å². The highest BCUT2D eigenvalue weighted by Crippen LogP contribution is 2.17. The molecule has 130 valence electrons. The summed E-state index contributed by atoms with van der Waals surface area (Å²) >= 11 is 0. The number of amides is 1. The van der Waals surface area contributed by atoms with E-state index in [2.05, 4.69) is 5.32 Å². The highest BCUT2D eigenvalue weighted by molar-refractivity contribution is 5.89. The van der Waals surface area contributed by atoms with Gasteiger partial charge in [0.05, 0.1) is 7.11 Å². The Bertz CT molecular complexity index is 557. The highest BCUT2D eigenvalue weighted by atomic mass is 16.5. The largest absolute Gasteiger partial charge is 0.497 e. The third-order valence-corrected chi connectivity index (χ3v) is 4.09. The van der Waals surface area contributed by atoms with Crippen molar-refractivity contribution in [1.82, 2.24) is 5.32 Å². The van der Waals surface area contributed by atoms with Gasteiger partial charge in [-0.25, -0.2) is 4.79 Å². The maximum absolute atomic E-state index is 11.8. The molecule has 0 spiro atoms. The molecule has 2 rings (SSSR count). The van der Waals surface area contributed by atoms with E-state index in [0.717, 1.165) is 37.0 Å². The summed E-state index contributed by atoms with van der Waals surface area (Å²) in [6.45, 7) is -0.234. The van der Waals surface area contributed by atoms with Crippen LogP contribution in [-0.4, -0.2) is 31.6 Å². The summed E-state index contributed by atoms with van der Waals surface area (Å²) in [6, 6.07) is 7.51. The van der Waals surface area contributed by atoms with Gasteiger partial charge in [0.15, 0.2) is 6.61 Å². The van der Waals surface area contributed by atoms with Crippen molar-refractivity contribution in [3.05, 3.63) is 35.9 Å². The highest BCUT2D eigenvalue weighted by Gasteiger charge is 2.15. The Labute approximate surface area is 143 Å². The Morgan fingerprint density at radius 3 is 2.42 bits per heavy atom. The van der Waals surface area contributed by atoms with Crippen LogP contribution in [0.1, 0.15) is 44.1 Å². The molecule has 1 aromatic rings. The summed E-state index contributed by atoms with van der Waals surface area (Å²) in [5, 5.41) is 2.95. The summed E-state index contributed by atoms with van der Waals surface area (Å²) in [6.07, 6.45) is 9.75. The third-order valence-electron chi connectivity index (χ3n) is 4.09. The zero-order valence-electron chi connectivity index (χ0n) is 14.1. The zero-order valence-corrected chi connectivity index (χ0v) is 14.1. The van der Waals surface area contributed by atoms with E-state index < -0.39 is 5.97 Å². The molecule has 5 nitrogen and oxygen atoms in total. The zero-order chi connectivity index (χ0) is 17.2. The summed E-state index contributed by atoms with van der Waals surface area (Å²) in [4.78, 5) is 23.5. The minimum Gasteiger partial charge on any atom is -0.497 e. The van der Waals surface area contributed by atoms with Crippen LogP contribution in [-0.2, 0) is 14.3 Å². The molecule has 0 aromatic heterocycles. The number of methoxy groups -OCH3 is 1. The maximum Gasteiger partial charge on any atom is 0.331 e. The van der Waals surface area contributed by atoms with Gasteiger partial charge >= 0.3 is 5.97 Å². The number of hydrogen-bond acceptors (Lipinski definition) is 4. The lowest BCUT2D eigenvalue weighted by atomic mass is 10.1. The van der Waals surface area contributed by atoms with E-state index in [1.165, 1.54) is 18.9 Å². The molecule has 1 amide bonds. The fourth-order valence-corrected chi connectivity index (χ4v) is 2.76. The summed E-state index contributed by atoms with van der Waals surface area (Å²) in [5.74, 6) is -0.000146. The van der Waals surface area contributed by atoms with Crippen LogP contribution < -0.4 is 10.1 Å². The van der Waals surface area contributed by atoms with Crippen molar-refractivity contribution in [2.24, 2.45) is 0 Å². The van der Waals surface area contributed by atoms with Crippen LogP contribution in [0, 0.1) is 0 Å². The normalized spacial score (nSPS) is 15.7. The van der Waals surface area contributed by atoms with Crippen molar-refractivity contribution in [2.75, 3.05) is 13.7 Å². The standard InChI is InChI=1S/C19H25NO4/c1-23-17-11-8-15(9-12-17)10-13-19(22)24-14-18(21)20-16-6-4-2-3-5-7-16/h8-13,16H,2-7,14H2,1H3,(H,20,21)/b13-10+. The van der Waals surface area contributed by atoms with Gasteiger partial charge in [0.25, 0.3) is 5.91 Å². The van der Waals surface area contributed by atoms with Gasteiger partial charge in [-0.1, -0.05) is 37.8 Å². The number of esters is 1. The van der Waals surface area contributed by atoms with Gasteiger partial charge in [-0.05, 0) is 36.6 Å². The van der Waals surface area contributed by atoms with E-state index in [0.29, 0.717) is 0 Å². The third kappa shape index (κ3) is 6.44. The lowest BCUT2D eigenvalue weighted by Crippen LogP contribution is -2.37. The second kappa shape index (κ2) is 9.75. The number of ether oxygens (including phenoxy) is 2. The fourth-order valence-electron chi connectivity index (χ4n) is 2.76. The molecule has 0 saturated heterocycles. The topological polar surface area (TPSA) is 64.6 Å². The van der Waals surface area contributed by atoms with Gasteiger partial charge in [-0.3, -0.25) is 4.79 Å². The smallest absolute Gasteiger partial charge is 0.331 e. The number of carbonyl (C=O) groups is 2. The lowest BCUT2D eigenvalue weighted by Gasteiger charge is -2.15. The van der Waals surface area contributed by atoms with E-state index in [9.17, 15) is 9.59 Å². The molecule has 1 aromatic carbocycles. The molecular weight excluding hydrogens is 306 g/mol. The first-order valence-corrected chi connectivity index (χ1v) is 8.45. The van der Waals surface area contributed by atoms with Crippen molar-refractivity contribution in [3.63, 3.8) is 0 Å². The molecule has 1 aliphatic carbocycles. The number of benzene rings is 1. The summed E-state index contributed by atoms with van der Waals surface area (Å²) in [5.41, 5.74) is 0.857. The van der Waals surface area contributed by atoms with Gasteiger partial charge in [0, 0.05) is 12.1 Å². The molecule has 24 heavy (non-hydrogen) atoms.